The van der Waals surface area contributed by atoms with E-state index in [9.17, 15) is 19.1 Å². The zero-order chi connectivity index (χ0) is 20.7. The van der Waals surface area contributed by atoms with Gasteiger partial charge in [-0.15, -0.1) is 11.3 Å². The van der Waals surface area contributed by atoms with Crippen LogP contribution in [0.25, 0.3) is 5.76 Å². The van der Waals surface area contributed by atoms with Crippen molar-refractivity contribution in [3.8, 4) is 0 Å². The molecule has 0 radical (unpaired) electrons. The number of rotatable bonds is 3. The molecule has 0 saturated carbocycles. The molecule has 7 heteroatoms. The first kappa shape index (κ1) is 19.5. The molecular weight excluding hydrogens is 457 g/mol. The number of hydrogen-bond acceptors (Lipinski definition) is 4. The van der Waals surface area contributed by atoms with Crippen molar-refractivity contribution in [3.63, 3.8) is 0 Å². The maximum atomic E-state index is 13.9. The molecule has 1 unspecified atom stereocenters. The zero-order valence-electron chi connectivity index (χ0n) is 15.2. The molecule has 1 aromatic heterocycles. The lowest BCUT2D eigenvalue weighted by Crippen LogP contribution is -2.29. The third kappa shape index (κ3) is 3.41. The number of carbonyl (C=O) groups excluding carboxylic acids is 2. The van der Waals surface area contributed by atoms with E-state index in [0.717, 1.165) is 14.9 Å². The van der Waals surface area contributed by atoms with Gasteiger partial charge in [-0.05, 0) is 54.3 Å². The number of Topliss-reactive ketones (excluding diaryl/α,β-unsaturated/α-hetero) is 1. The molecule has 1 amide bonds. The molecule has 4 rings (SSSR count). The van der Waals surface area contributed by atoms with Crippen LogP contribution in [0.2, 0.25) is 0 Å². The molecule has 1 saturated heterocycles. The third-order valence-corrected chi connectivity index (χ3v) is 6.40. The van der Waals surface area contributed by atoms with Crippen LogP contribution in [0.4, 0.5) is 10.1 Å². The summed E-state index contributed by atoms with van der Waals surface area (Å²) < 4.78 is 14.7. The predicted octanol–water partition coefficient (Wildman–Crippen LogP) is 5.58. The van der Waals surface area contributed by atoms with Crippen LogP contribution in [0.3, 0.4) is 0 Å². The van der Waals surface area contributed by atoms with E-state index in [2.05, 4.69) is 15.9 Å². The molecule has 1 aliphatic rings. The minimum Gasteiger partial charge on any atom is -0.507 e. The van der Waals surface area contributed by atoms with Gasteiger partial charge in [-0.1, -0.05) is 34.1 Å². The van der Waals surface area contributed by atoms with Crippen LogP contribution in [0.1, 0.15) is 22.0 Å². The van der Waals surface area contributed by atoms with Gasteiger partial charge in [0.05, 0.1) is 5.57 Å². The van der Waals surface area contributed by atoms with E-state index in [1.807, 2.05) is 18.4 Å². The van der Waals surface area contributed by atoms with Crippen molar-refractivity contribution in [2.75, 3.05) is 4.90 Å². The van der Waals surface area contributed by atoms with Crippen molar-refractivity contribution in [2.24, 2.45) is 0 Å². The summed E-state index contributed by atoms with van der Waals surface area (Å²) in [5, 5.41) is 12.8. The van der Waals surface area contributed by atoms with Gasteiger partial charge < -0.3 is 5.11 Å². The Kier molecular flexibility index (Phi) is 5.10. The average molecular weight is 472 g/mol. The second-order valence-electron chi connectivity index (χ2n) is 6.62. The summed E-state index contributed by atoms with van der Waals surface area (Å²) in [6, 6.07) is 13.4. The summed E-state index contributed by atoms with van der Waals surface area (Å²) >= 11 is 4.72. The highest BCUT2D eigenvalue weighted by molar-refractivity contribution is 9.10. The number of halogens is 2. The Hall–Kier alpha value is -2.77. The number of hydrogen-bond donors (Lipinski definition) is 1. The van der Waals surface area contributed by atoms with Crippen LogP contribution in [-0.4, -0.2) is 16.8 Å². The highest BCUT2D eigenvalue weighted by atomic mass is 79.9. The van der Waals surface area contributed by atoms with Crippen molar-refractivity contribution >= 4 is 50.4 Å². The molecule has 146 valence electrons. The molecule has 1 N–H and O–H groups in total. The molecule has 1 fully saturated rings. The standard InChI is InChI=1S/C22H15BrFNO3S/c1-12-9-10-29-21(12)18-17(19(26)13-5-7-14(23)8-6-13)20(27)22(28)25(18)16-4-2-3-15(24)11-16/h2-11,18,26H,1H3/b19-17-. The topological polar surface area (TPSA) is 57.6 Å². The zero-order valence-corrected chi connectivity index (χ0v) is 17.6. The third-order valence-electron chi connectivity index (χ3n) is 4.80. The van der Waals surface area contributed by atoms with Gasteiger partial charge in [0.2, 0.25) is 0 Å². The second kappa shape index (κ2) is 7.57. The molecule has 2 aromatic carbocycles. The summed E-state index contributed by atoms with van der Waals surface area (Å²) in [6.07, 6.45) is 0. The Morgan fingerprint density at radius 1 is 1.14 bits per heavy atom. The van der Waals surface area contributed by atoms with Crippen LogP contribution in [-0.2, 0) is 9.59 Å². The van der Waals surface area contributed by atoms with Crippen molar-refractivity contribution < 1.29 is 19.1 Å². The molecule has 1 atom stereocenters. The molecule has 0 bridgehead atoms. The van der Waals surface area contributed by atoms with Gasteiger partial charge in [-0.2, -0.15) is 0 Å². The fraction of sp³-hybridized carbons (Fsp3) is 0.0909. The quantitative estimate of drug-likeness (QED) is 0.308. The van der Waals surface area contributed by atoms with Gasteiger partial charge in [-0.3, -0.25) is 14.5 Å². The minimum atomic E-state index is -0.833. The molecule has 2 heterocycles. The first-order valence-electron chi connectivity index (χ1n) is 8.75. The van der Waals surface area contributed by atoms with Gasteiger partial charge in [0.25, 0.3) is 11.7 Å². The highest BCUT2D eigenvalue weighted by Gasteiger charge is 2.48. The van der Waals surface area contributed by atoms with Gasteiger partial charge >= 0.3 is 0 Å². The number of carbonyl (C=O) groups is 2. The number of thiophene rings is 1. The first-order chi connectivity index (χ1) is 13.9. The Morgan fingerprint density at radius 3 is 2.48 bits per heavy atom. The lowest BCUT2D eigenvalue weighted by Gasteiger charge is -2.25. The fourth-order valence-electron chi connectivity index (χ4n) is 3.40. The number of ketones is 1. The Bertz CT molecular complexity index is 1150. The fourth-order valence-corrected chi connectivity index (χ4v) is 4.69. The predicted molar refractivity (Wildman–Crippen MR) is 114 cm³/mol. The summed E-state index contributed by atoms with van der Waals surface area (Å²) in [5.41, 5.74) is 1.56. The molecule has 1 aliphatic heterocycles. The van der Waals surface area contributed by atoms with E-state index in [0.29, 0.717) is 5.56 Å². The van der Waals surface area contributed by atoms with Gasteiger partial charge in [0, 0.05) is 20.6 Å². The maximum absolute atomic E-state index is 13.9. The summed E-state index contributed by atoms with van der Waals surface area (Å²) in [4.78, 5) is 27.9. The van der Waals surface area contributed by atoms with Crippen molar-refractivity contribution in [2.45, 2.75) is 13.0 Å². The molecular formula is C22H15BrFNO3S. The van der Waals surface area contributed by atoms with Crippen LogP contribution < -0.4 is 4.90 Å². The van der Waals surface area contributed by atoms with E-state index >= 15 is 0 Å². The SMILES string of the molecule is Cc1ccsc1C1/C(=C(/O)c2ccc(Br)cc2)C(=O)C(=O)N1c1cccc(F)c1. The highest BCUT2D eigenvalue weighted by Crippen LogP contribution is 2.44. The number of amides is 1. The van der Waals surface area contributed by atoms with Crippen LogP contribution >= 0.6 is 27.3 Å². The van der Waals surface area contributed by atoms with Gasteiger partial charge in [-0.25, -0.2) is 4.39 Å². The number of aliphatic hydroxyl groups is 1. The second-order valence-corrected chi connectivity index (χ2v) is 8.49. The number of nitrogens with zero attached hydrogens (tertiary/aromatic N) is 1. The van der Waals surface area contributed by atoms with Gasteiger partial charge in [0.15, 0.2) is 0 Å². The van der Waals surface area contributed by atoms with Gasteiger partial charge in [0.1, 0.15) is 17.6 Å². The molecule has 29 heavy (non-hydrogen) atoms. The molecule has 3 aromatic rings. The Balaban J connectivity index is 1.96. The largest absolute Gasteiger partial charge is 0.507 e. The number of aryl methyl sites for hydroxylation is 1. The van der Waals surface area contributed by atoms with Crippen molar-refractivity contribution in [3.05, 3.63) is 91.8 Å². The van der Waals surface area contributed by atoms with E-state index in [-0.39, 0.29) is 17.0 Å². The van der Waals surface area contributed by atoms with E-state index in [1.54, 1.807) is 30.3 Å². The maximum Gasteiger partial charge on any atom is 0.300 e. The normalized spacial score (nSPS) is 18.4. The lowest BCUT2D eigenvalue weighted by molar-refractivity contribution is -0.132. The average Bonchev–Trinajstić information content (AvgIpc) is 3.23. The molecule has 0 aliphatic carbocycles. The monoisotopic (exact) mass is 471 g/mol. The first-order valence-corrected chi connectivity index (χ1v) is 10.4. The van der Waals surface area contributed by atoms with Crippen LogP contribution in [0.5, 0.6) is 0 Å². The minimum absolute atomic E-state index is 0.00728. The summed E-state index contributed by atoms with van der Waals surface area (Å²) in [7, 11) is 0. The number of aliphatic hydroxyl groups excluding tert-OH is 1. The van der Waals surface area contributed by atoms with E-state index in [4.69, 9.17) is 0 Å². The Morgan fingerprint density at radius 2 is 1.86 bits per heavy atom. The summed E-state index contributed by atoms with van der Waals surface area (Å²) in [5.74, 6) is -2.37. The smallest absolute Gasteiger partial charge is 0.300 e. The van der Waals surface area contributed by atoms with E-state index in [1.165, 1.54) is 34.4 Å². The van der Waals surface area contributed by atoms with Crippen LogP contribution in [0.15, 0.2) is 70.0 Å². The van der Waals surface area contributed by atoms with E-state index < -0.39 is 23.5 Å². The number of anilines is 1. The lowest BCUT2D eigenvalue weighted by atomic mass is 9.98. The molecule has 0 spiro atoms. The van der Waals surface area contributed by atoms with Crippen molar-refractivity contribution in [1.29, 1.82) is 0 Å². The Labute approximate surface area is 179 Å². The molecule has 4 nitrogen and oxygen atoms in total. The van der Waals surface area contributed by atoms with Crippen LogP contribution in [0, 0.1) is 12.7 Å². The van der Waals surface area contributed by atoms with Crippen molar-refractivity contribution in [1.82, 2.24) is 0 Å². The summed E-state index contributed by atoms with van der Waals surface area (Å²) in [6.45, 7) is 1.87. The number of benzene rings is 2.